The molecule has 0 heterocycles. The number of nitrogens with one attached hydrogen (secondary N) is 1. The number of benzene rings is 1. The molecule has 0 fully saturated rings. The van der Waals surface area contributed by atoms with Gasteiger partial charge in [0.1, 0.15) is 5.69 Å². The number of rotatable bonds is 4. The Morgan fingerprint density at radius 1 is 1.60 bits per heavy atom. The average molecular weight is 209 g/mol. The smallest absolute Gasteiger partial charge is 0.292 e. The first-order valence-corrected chi connectivity index (χ1v) is 4.38. The molecule has 3 N–H and O–H groups in total. The van der Waals surface area contributed by atoms with Crippen molar-refractivity contribution >= 4 is 17.3 Å². The molecule has 0 bridgehead atoms. The second kappa shape index (κ2) is 4.41. The highest BCUT2D eigenvalue weighted by molar-refractivity contribution is 5.94. The number of amides is 1. The van der Waals surface area contributed by atoms with Gasteiger partial charge in [-0.3, -0.25) is 14.9 Å². The van der Waals surface area contributed by atoms with Crippen LogP contribution in [0.15, 0.2) is 18.2 Å². The molecule has 6 heteroatoms. The third-order valence-corrected chi connectivity index (χ3v) is 1.84. The zero-order chi connectivity index (χ0) is 11.4. The second-order valence-electron chi connectivity index (χ2n) is 2.88. The van der Waals surface area contributed by atoms with Crippen LogP contribution in [0.25, 0.3) is 0 Å². The SMILES string of the molecule is CCNc1cc(C(N)=O)ccc1[N+](=O)[O-]. The van der Waals surface area contributed by atoms with Gasteiger partial charge in [0.15, 0.2) is 0 Å². The fraction of sp³-hybridized carbons (Fsp3) is 0.222. The molecule has 0 unspecified atom stereocenters. The number of carbonyl (C=O) groups is 1. The fourth-order valence-electron chi connectivity index (χ4n) is 1.18. The predicted molar refractivity (Wildman–Crippen MR) is 55.8 cm³/mol. The summed E-state index contributed by atoms with van der Waals surface area (Å²) in [7, 11) is 0. The molecule has 0 atom stereocenters. The number of hydrogen-bond donors (Lipinski definition) is 2. The van der Waals surface area contributed by atoms with E-state index in [1.807, 2.05) is 0 Å². The molecule has 0 radical (unpaired) electrons. The van der Waals surface area contributed by atoms with Crippen molar-refractivity contribution in [1.82, 2.24) is 0 Å². The predicted octanol–water partition coefficient (Wildman–Crippen LogP) is 1.13. The summed E-state index contributed by atoms with van der Waals surface area (Å²) in [6, 6.07) is 3.98. The number of primary amides is 1. The van der Waals surface area contributed by atoms with Crippen molar-refractivity contribution in [3.8, 4) is 0 Å². The number of hydrogen-bond acceptors (Lipinski definition) is 4. The highest BCUT2D eigenvalue weighted by Crippen LogP contribution is 2.24. The van der Waals surface area contributed by atoms with Gasteiger partial charge in [-0.05, 0) is 19.1 Å². The van der Waals surface area contributed by atoms with Gasteiger partial charge >= 0.3 is 0 Å². The molecule has 80 valence electrons. The van der Waals surface area contributed by atoms with Crippen LogP contribution in [-0.4, -0.2) is 17.4 Å². The van der Waals surface area contributed by atoms with Gasteiger partial charge in [-0.25, -0.2) is 0 Å². The van der Waals surface area contributed by atoms with Gasteiger partial charge in [0, 0.05) is 18.2 Å². The Balaban J connectivity index is 3.20. The average Bonchev–Trinajstić information content (AvgIpc) is 2.17. The topological polar surface area (TPSA) is 98.3 Å². The molecule has 1 aromatic rings. The lowest BCUT2D eigenvalue weighted by Gasteiger charge is -2.05. The zero-order valence-electron chi connectivity index (χ0n) is 8.19. The van der Waals surface area contributed by atoms with Crippen LogP contribution in [0.1, 0.15) is 17.3 Å². The van der Waals surface area contributed by atoms with Gasteiger partial charge in [0.2, 0.25) is 5.91 Å². The first-order chi connectivity index (χ1) is 7.06. The van der Waals surface area contributed by atoms with E-state index in [0.717, 1.165) is 0 Å². The van der Waals surface area contributed by atoms with Crippen LogP contribution in [0.5, 0.6) is 0 Å². The third-order valence-electron chi connectivity index (χ3n) is 1.84. The quantitative estimate of drug-likeness (QED) is 0.573. The summed E-state index contributed by atoms with van der Waals surface area (Å²) in [4.78, 5) is 21.0. The standard InChI is InChI=1S/C9H11N3O3/c1-2-11-7-5-6(9(10)13)3-4-8(7)12(14)15/h3-5,11H,2H2,1H3,(H2,10,13). The van der Waals surface area contributed by atoms with Crippen molar-refractivity contribution in [3.63, 3.8) is 0 Å². The molecule has 1 amide bonds. The largest absolute Gasteiger partial charge is 0.380 e. The molecule has 1 aromatic carbocycles. The van der Waals surface area contributed by atoms with Gasteiger partial charge in [0.25, 0.3) is 5.69 Å². The Kier molecular flexibility index (Phi) is 3.22. The van der Waals surface area contributed by atoms with E-state index in [1.165, 1.54) is 18.2 Å². The van der Waals surface area contributed by atoms with Gasteiger partial charge < -0.3 is 11.1 Å². The molecule has 6 nitrogen and oxygen atoms in total. The molecule has 0 aliphatic carbocycles. The molecular formula is C9H11N3O3. The highest BCUT2D eigenvalue weighted by atomic mass is 16.6. The van der Waals surface area contributed by atoms with Crippen molar-refractivity contribution in [2.45, 2.75) is 6.92 Å². The third kappa shape index (κ3) is 2.43. The van der Waals surface area contributed by atoms with Crippen LogP contribution in [0.4, 0.5) is 11.4 Å². The number of nitrogens with two attached hydrogens (primary N) is 1. The summed E-state index contributed by atoms with van der Waals surface area (Å²) in [5.74, 6) is -0.607. The summed E-state index contributed by atoms with van der Waals surface area (Å²) < 4.78 is 0. The van der Waals surface area contributed by atoms with Crippen LogP contribution < -0.4 is 11.1 Å². The number of nitro groups is 1. The molecular weight excluding hydrogens is 198 g/mol. The second-order valence-corrected chi connectivity index (χ2v) is 2.88. The number of anilines is 1. The van der Waals surface area contributed by atoms with Crippen molar-refractivity contribution in [1.29, 1.82) is 0 Å². The van der Waals surface area contributed by atoms with E-state index in [1.54, 1.807) is 6.92 Å². The summed E-state index contributed by atoms with van der Waals surface area (Å²) in [6.07, 6.45) is 0. The van der Waals surface area contributed by atoms with Crippen LogP contribution in [0.2, 0.25) is 0 Å². The Morgan fingerprint density at radius 3 is 2.73 bits per heavy atom. The minimum Gasteiger partial charge on any atom is -0.380 e. The molecule has 0 spiro atoms. The van der Waals surface area contributed by atoms with Crippen LogP contribution >= 0.6 is 0 Å². The molecule has 15 heavy (non-hydrogen) atoms. The van der Waals surface area contributed by atoms with Gasteiger partial charge in [-0.1, -0.05) is 0 Å². The molecule has 0 aromatic heterocycles. The number of nitrogens with zero attached hydrogens (tertiary/aromatic N) is 1. The summed E-state index contributed by atoms with van der Waals surface area (Å²) in [5, 5.41) is 13.4. The van der Waals surface area contributed by atoms with Crippen LogP contribution in [0.3, 0.4) is 0 Å². The first-order valence-electron chi connectivity index (χ1n) is 4.38. The van der Waals surface area contributed by atoms with E-state index in [9.17, 15) is 14.9 Å². The number of carbonyl (C=O) groups excluding carboxylic acids is 1. The summed E-state index contributed by atoms with van der Waals surface area (Å²) in [6.45, 7) is 2.34. The van der Waals surface area contributed by atoms with E-state index in [4.69, 9.17) is 5.73 Å². The van der Waals surface area contributed by atoms with E-state index in [0.29, 0.717) is 12.2 Å². The van der Waals surface area contributed by atoms with Crippen molar-refractivity contribution in [3.05, 3.63) is 33.9 Å². The van der Waals surface area contributed by atoms with E-state index in [2.05, 4.69) is 5.32 Å². The normalized spacial score (nSPS) is 9.67. The minimum atomic E-state index is -0.607. The lowest BCUT2D eigenvalue weighted by atomic mass is 10.1. The molecule has 0 aliphatic rings. The van der Waals surface area contributed by atoms with Gasteiger partial charge in [0.05, 0.1) is 4.92 Å². The van der Waals surface area contributed by atoms with E-state index in [-0.39, 0.29) is 11.3 Å². The van der Waals surface area contributed by atoms with Gasteiger partial charge in [-0.15, -0.1) is 0 Å². The molecule has 1 rings (SSSR count). The Morgan fingerprint density at radius 2 is 2.27 bits per heavy atom. The maximum atomic E-state index is 10.9. The maximum Gasteiger partial charge on any atom is 0.292 e. The summed E-state index contributed by atoms with van der Waals surface area (Å²) in [5.41, 5.74) is 5.55. The Labute approximate surface area is 86.2 Å². The monoisotopic (exact) mass is 209 g/mol. The van der Waals surface area contributed by atoms with Crippen LogP contribution in [-0.2, 0) is 0 Å². The van der Waals surface area contributed by atoms with Gasteiger partial charge in [-0.2, -0.15) is 0 Å². The molecule has 0 saturated heterocycles. The summed E-state index contributed by atoms with van der Waals surface area (Å²) >= 11 is 0. The minimum absolute atomic E-state index is 0.0677. The fourth-order valence-corrected chi connectivity index (χ4v) is 1.18. The van der Waals surface area contributed by atoms with E-state index < -0.39 is 10.8 Å². The molecule has 0 aliphatic heterocycles. The zero-order valence-corrected chi connectivity index (χ0v) is 8.19. The Bertz CT molecular complexity index is 404. The van der Waals surface area contributed by atoms with Crippen molar-refractivity contribution in [2.75, 3.05) is 11.9 Å². The lowest BCUT2D eigenvalue weighted by molar-refractivity contribution is -0.384. The lowest BCUT2D eigenvalue weighted by Crippen LogP contribution is -2.12. The van der Waals surface area contributed by atoms with Crippen molar-refractivity contribution < 1.29 is 9.72 Å². The molecule has 0 saturated carbocycles. The van der Waals surface area contributed by atoms with Crippen LogP contribution in [0, 0.1) is 10.1 Å². The first kappa shape index (κ1) is 11.0. The number of nitro benzene ring substituents is 1. The Hall–Kier alpha value is -2.11. The van der Waals surface area contributed by atoms with E-state index >= 15 is 0 Å². The maximum absolute atomic E-state index is 10.9. The van der Waals surface area contributed by atoms with Crippen molar-refractivity contribution in [2.24, 2.45) is 5.73 Å². The highest BCUT2D eigenvalue weighted by Gasteiger charge is 2.14.